The second kappa shape index (κ2) is 5.63. The van der Waals surface area contributed by atoms with Crippen LogP contribution in [0.4, 0.5) is 5.69 Å². The van der Waals surface area contributed by atoms with Crippen molar-refractivity contribution >= 4 is 40.2 Å². The zero-order chi connectivity index (χ0) is 11.3. The SMILES string of the molecule is COc1cccc(NC(=S)NC(C)=S)c1. The van der Waals surface area contributed by atoms with Crippen LogP contribution >= 0.6 is 24.4 Å². The molecule has 0 fully saturated rings. The third kappa shape index (κ3) is 4.22. The van der Waals surface area contributed by atoms with Gasteiger partial charge in [-0.15, -0.1) is 0 Å². The topological polar surface area (TPSA) is 33.3 Å². The molecule has 0 atom stereocenters. The molecule has 0 aliphatic carbocycles. The predicted molar refractivity (Wildman–Crippen MR) is 70.6 cm³/mol. The van der Waals surface area contributed by atoms with Gasteiger partial charge in [-0.2, -0.15) is 0 Å². The standard InChI is InChI=1S/C10H12N2OS2/c1-7(14)11-10(15)12-8-4-3-5-9(6-8)13-2/h3-6H,1-2H3,(H2,11,12,14,15). The van der Waals surface area contributed by atoms with Gasteiger partial charge < -0.3 is 15.4 Å². The van der Waals surface area contributed by atoms with Gasteiger partial charge in [0.25, 0.3) is 0 Å². The Morgan fingerprint density at radius 2 is 2.07 bits per heavy atom. The average Bonchev–Trinajstić information content (AvgIpc) is 2.16. The summed E-state index contributed by atoms with van der Waals surface area (Å²) < 4.78 is 5.09. The molecule has 0 heterocycles. The van der Waals surface area contributed by atoms with Crippen molar-refractivity contribution in [1.82, 2.24) is 5.32 Å². The highest BCUT2D eigenvalue weighted by atomic mass is 32.1. The van der Waals surface area contributed by atoms with Crippen molar-refractivity contribution in [1.29, 1.82) is 0 Å². The summed E-state index contributed by atoms with van der Waals surface area (Å²) in [5, 5.41) is 6.32. The minimum atomic E-state index is 0.482. The molecule has 3 nitrogen and oxygen atoms in total. The first-order valence-electron chi connectivity index (χ1n) is 4.34. The number of anilines is 1. The second-order valence-electron chi connectivity index (χ2n) is 2.87. The van der Waals surface area contributed by atoms with Crippen molar-refractivity contribution in [3.8, 4) is 5.75 Å². The van der Waals surface area contributed by atoms with Crippen LogP contribution in [0.2, 0.25) is 0 Å². The molecule has 5 heteroatoms. The van der Waals surface area contributed by atoms with Gasteiger partial charge in [-0.3, -0.25) is 0 Å². The molecule has 0 saturated heterocycles. The Bertz CT molecular complexity index is 379. The summed E-state index contributed by atoms with van der Waals surface area (Å²) in [7, 11) is 1.62. The molecule has 0 amide bonds. The van der Waals surface area contributed by atoms with Crippen molar-refractivity contribution in [3.63, 3.8) is 0 Å². The van der Waals surface area contributed by atoms with Crippen LogP contribution in [0.15, 0.2) is 24.3 Å². The first kappa shape index (κ1) is 11.9. The normalized spacial score (nSPS) is 9.20. The number of methoxy groups -OCH3 is 1. The molecule has 0 aliphatic heterocycles. The van der Waals surface area contributed by atoms with Gasteiger partial charge in [-0.05, 0) is 31.3 Å². The highest BCUT2D eigenvalue weighted by molar-refractivity contribution is 7.82. The molecule has 1 aromatic rings. The van der Waals surface area contributed by atoms with Crippen molar-refractivity contribution in [3.05, 3.63) is 24.3 Å². The maximum atomic E-state index is 5.09. The summed E-state index contributed by atoms with van der Waals surface area (Å²) >= 11 is 9.91. The van der Waals surface area contributed by atoms with Crippen molar-refractivity contribution in [2.24, 2.45) is 0 Å². The van der Waals surface area contributed by atoms with E-state index in [1.807, 2.05) is 24.3 Å². The van der Waals surface area contributed by atoms with E-state index in [4.69, 9.17) is 29.2 Å². The molecule has 0 saturated carbocycles. The van der Waals surface area contributed by atoms with Gasteiger partial charge in [0.1, 0.15) is 5.75 Å². The number of ether oxygens (including phenoxy) is 1. The van der Waals surface area contributed by atoms with E-state index in [0.29, 0.717) is 10.1 Å². The molecule has 0 aromatic heterocycles. The van der Waals surface area contributed by atoms with Crippen LogP contribution in [0.5, 0.6) is 5.75 Å². The van der Waals surface area contributed by atoms with Crippen molar-refractivity contribution < 1.29 is 4.74 Å². The molecular formula is C10H12N2OS2. The lowest BCUT2D eigenvalue weighted by Gasteiger charge is -2.09. The Kier molecular flexibility index (Phi) is 4.45. The van der Waals surface area contributed by atoms with Crippen LogP contribution in [-0.2, 0) is 0 Å². The minimum absolute atomic E-state index is 0.482. The first-order chi connectivity index (χ1) is 7.11. The number of rotatable bonds is 2. The molecular weight excluding hydrogens is 228 g/mol. The van der Waals surface area contributed by atoms with Crippen molar-refractivity contribution in [2.75, 3.05) is 12.4 Å². The van der Waals surface area contributed by atoms with E-state index in [-0.39, 0.29) is 0 Å². The summed E-state index contributed by atoms with van der Waals surface area (Å²) in [5.41, 5.74) is 0.864. The van der Waals surface area contributed by atoms with E-state index in [1.165, 1.54) is 0 Å². The van der Waals surface area contributed by atoms with Gasteiger partial charge in [0.2, 0.25) is 0 Å². The summed E-state index contributed by atoms with van der Waals surface area (Å²) in [5.74, 6) is 0.780. The predicted octanol–water partition coefficient (Wildman–Crippen LogP) is 2.33. The van der Waals surface area contributed by atoms with Gasteiger partial charge >= 0.3 is 0 Å². The number of benzene rings is 1. The Labute approximate surface area is 99.8 Å². The second-order valence-corrected chi connectivity index (χ2v) is 3.89. The molecule has 1 aromatic carbocycles. The molecule has 0 radical (unpaired) electrons. The van der Waals surface area contributed by atoms with Crippen LogP contribution in [0.3, 0.4) is 0 Å². The summed E-state index contributed by atoms with van der Waals surface area (Å²) in [4.78, 5) is 0.635. The highest BCUT2D eigenvalue weighted by Crippen LogP contribution is 2.16. The molecule has 0 aliphatic rings. The molecule has 0 spiro atoms. The maximum absolute atomic E-state index is 5.09. The quantitative estimate of drug-likeness (QED) is 0.775. The van der Waals surface area contributed by atoms with E-state index >= 15 is 0 Å². The zero-order valence-electron chi connectivity index (χ0n) is 8.53. The molecule has 15 heavy (non-hydrogen) atoms. The summed E-state index contributed by atoms with van der Waals surface area (Å²) in [6, 6.07) is 7.50. The lowest BCUT2D eigenvalue weighted by Crippen LogP contribution is -2.31. The monoisotopic (exact) mass is 240 g/mol. The van der Waals surface area contributed by atoms with E-state index in [0.717, 1.165) is 11.4 Å². The number of nitrogens with one attached hydrogen (secondary N) is 2. The van der Waals surface area contributed by atoms with Crippen LogP contribution < -0.4 is 15.4 Å². The van der Waals surface area contributed by atoms with Gasteiger partial charge in [0, 0.05) is 11.8 Å². The molecule has 0 bridgehead atoms. The molecule has 1 rings (SSSR count). The lowest BCUT2D eigenvalue weighted by molar-refractivity contribution is 0.415. The Balaban J connectivity index is 2.63. The first-order valence-corrected chi connectivity index (χ1v) is 5.16. The van der Waals surface area contributed by atoms with Crippen LogP contribution in [0.1, 0.15) is 6.92 Å². The van der Waals surface area contributed by atoms with E-state index in [2.05, 4.69) is 10.6 Å². The Morgan fingerprint density at radius 1 is 1.33 bits per heavy atom. The van der Waals surface area contributed by atoms with Gasteiger partial charge in [0.05, 0.1) is 12.1 Å². The minimum Gasteiger partial charge on any atom is -0.497 e. The number of thiocarbonyl (C=S) groups is 2. The van der Waals surface area contributed by atoms with Crippen LogP contribution in [-0.4, -0.2) is 17.2 Å². The molecule has 0 unspecified atom stereocenters. The number of hydrogen-bond donors (Lipinski definition) is 2. The van der Waals surface area contributed by atoms with Gasteiger partial charge in [0.15, 0.2) is 5.11 Å². The van der Waals surface area contributed by atoms with E-state index in [1.54, 1.807) is 14.0 Å². The molecule has 80 valence electrons. The Hall–Kier alpha value is -1.20. The fourth-order valence-electron chi connectivity index (χ4n) is 1.02. The Morgan fingerprint density at radius 3 is 2.67 bits per heavy atom. The van der Waals surface area contributed by atoms with E-state index in [9.17, 15) is 0 Å². The summed E-state index contributed by atoms with van der Waals surface area (Å²) in [6.07, 6.45) is 0. The van der Waals surface area contributed by atoms with Crippen LogP contribution in [0.25, 0.3) is 0 Å². The van der Waals surface area contributed by atoms with Crippen LogP contribution in [0, 0.1) is 0 Å². The van der Waals surface area contributed by atoms with E-state index < -0.39 is 0 Å². The fraction of sp³-hybridized carbons (Fsp3) is 0.200. The maximum Gasteiger partial charge on any atom is 0.175 e. The molecule has 2 N–H and O–H groups in total. The zero-order valence-corrected chi connectivity index (χ0v) is 10.2. The third-order valence-corrected chi connectivity index (χ3v) is 1.92. The van der Waals surface area contributed by atoms with Gasteiger partial charge in [-0.1, -0.05) is 18.3 Å². The highest BCUT2D eigenvalue weighted by Gasteiger charge is 1.98. The fourth-order valence-corrected chi connectivity index (χ4v) is 1.46. The largest absolute Gasteiger partial charge is 0.497 e. The number of hydrogen-bond acceptors (Lipinski definition) is 3. The summed E-state index contributed by atoms with van der Waals surface area (Å²) in [6.45, 7) is 1.77. The third-order valence-electron chi connectivity index (χ3n) is 1.62. The lowest BCUT2D eigenvalue weighted by atomic mass is 10.3. The smallest absolute Gasteiger partial charge is 0.175 e. The van der Waals surface area contributed by atoms with Crippen molar-refractivity contribution in [2.45, 2.75) is 6.92 Å². The van der Waals surface area contributed by atoms with Gasteiger partial charge in [-0.25, -0.2) is 0 Å². The average molecular weight is 240 g/mol.